The zero-order valence-corrected chi connectivity index (χ0v) is 6.32. The number of fused-ring (bicyclic) bond motifs is 1. The van der Waals surface area contributed by atoms with Crippen molar-refractivity contribution in [3.05, 3.63) is 0 Å². The van der Waals surface area contributed by atoms with Gasteiger partial charge in [0.1, 0.15) is 12.1 Å². The molecule has 1 unspecified atom stereocenters. The summed E-state index contributed by atoms with van der Waals surface area (Å²) in [5.74, 6) is 0.0654. The Hall–Kier alpha value is -1.30. The highest BCUT2D eigenvalue weighted by Gasteiger charge is 2.41. The number of guanidine groups is 1. The number of β-amino-alcohol motifs (C(OH)–C–C–N with tert-alkyl or cyclic N) is 1. The Kier molecular flexibility index (Phi) is 1.44. The normalized spacial score (nSPS) is 39.6. The molecule has 5 N–H and O–H groups in total. The molecule has 3 atom stereocenters. The van der Waals surface area contributed by atoms with E-state index in [1.807, 2.05) is 0 Å². The van der Waals surface area contributed by atoms with Crippen molar-refractivity contribution in [3.8, 4) is 0 Å². The second-order valence-electron chi connectivity index (χ2n) is 2.94. The molecular formula is C6H10N4O2. The maximum absolute atomic E-state index is 11.2. The molecule has 66 valence electrons. The monoisotopic (exact) mass is 170 g/mol. The minimum Gasteiger partial charge on any atom is -0.389 e. The number of carbonyl (C=O) groups excluding carboxylic acids is 1. The average Bonchev–Trinajstić information content (AvgIpc) is 2.41. The fourth-order valence-electron chi connectivity index (χ4n) is 1.48. The number of nitrogens with two attached hydrogens (primary N) is 1. The van der Waals surface area contributed by atoms with Crippen molar-refractivity contribution in [2.75, 3.05) is 6.54 Å². The highest BCUT2D eigenvalue weighted by Crippen LogP contribution is 2.13. The van der Waals surface area contributed by atoms with Gasteiger partial charge >= 0.3 is 0 Å². The molecule has 12 heavy (non-hydrogen) atoms. The Bertz CT molecular complexity index is 252. The molecule has 1 fully saturated rings. The smallest absolute Gasteiger partial charge is 0.245 e. The predicted octanol–water partition coefficient (Wildman–Crippen LogP) is -2.87. The minimum atomic E-state index is -0.638. The van der Waals surface area contributed by atoms with E-state index < -0.39 is 18.2 Å². The van der Waals surface area contributed by atoms with Crippen molar-refractivity contribution in [2.24, 2.45) is 10.7 Å². The van der Waals surface area contributed by atoms with E-state index in [2.05, 4.69) is 15.6 Å². The first-order valence-electron chi connectivity index (χ1n) is 3.74. The lowest BCUT2D eigenvalue weighted by Gasteiger charge is -2.27. The molecule has 0 aromatic heterocycles. The molecule has 0 saturated carbocycles. The maximum Gasteiger partial charge on any atom is 0.245 e. The van der Waals surface area contributed by atoms with Crippen LogP contribution in [0.4, 0.5) is 0 Å². The number of piperidine rings is 1. The van der Waals surface area contributed by atoms with Gasteiger partial charge in [0.15, 0.2) is 5.96 Å². The quantitative estimate of drug-likeness (QED) is 0.314. The third-order valence-electron chi connectivity index (χ3n) is 2.10. The van der Waals surface area contributed by atoms with Crippen LogP contribution >= 0.6 is 0 Å². The van der Waals surface area contributed by atoms with E-state index in [1.165, 1.54) is 0 Å². The van der Waals surface area contributed by atoms with Crippen LogP contribution < -0.4 is 16.4 Å². The number of nitrogens with one attached hydrogen (secondary N) is 2. The first-order valence-corrected chi connectivity index (χ1v) is 3.74. The van der Waals surface area contributed by atoms with Gasteiger partial charge in [0.05, 0.1) is 6.10 Å². The molecule has 6 heteroatoms. The first kappa shape index (κ1) is 7.35. The molecular weight excluding hydrogens is 160 g/mol. The summed E-state index contributed by atoms with van der Waals surface area (Å²) in [4.78, 5) is 15.1. The predicted molar refractivity (Wildman–Crippen MR) is 41.4 cm³/mol. The lowest BCUT2D eigenvalue weighted by molar-refractivity contribution is -0.126. The summed E-state index contributed by atoms with van der Waals surface area (Å²) < 4.78 is 0. The van der Waals surface area contributed by atoms with Crippen LogP contribution in [-0.4, -0.2) is 41.7 Å². The molecule has 6 nitrogen and oxygen atoms in total. The Morgan fingerprint density at radius 1 is 1.67 bits per heavy atom. The van der Waals surface area contributed by atoms with Crippen molar-refractivity contribution in [1.29, 1.82) is 0 Å². The highest BCUT2D eigenvalue weighted by atomic mass is 16.3. The van der Waals surface area contributed by atoms with E-state index in [1.54, 1.807) is 0 Å². The topological polar surface area (TPSA) is 99.7 Å². The van der Waals surface area contributed by atoms with Crippen molar-refractivity contribution in [1.82, 2.24) is 10.6 Å². The van der Waals surface area contributed by atoms with Crippen LogP contribution in [-0.2, 0) is 4.79 Å². The zero-order valence-electron chi connectivity index (χ0n) is 6.32. The summed E-state index contributed by atoms with van der Waals surface area (Å²) in [6.07, 6.45) is -0.638. The van der Waals surface area contributed by atoms with Crippen LogP contribution in [0.2, 0.25) is 0 Å². The molecule has 0 aromatic carbocycles. The summed E-state index contributed by atoms with van der Waals surface area (Å²) in [5.41, 5.74) is 5.37. The van der Waals surface area contributed by atoms with Crippen LogP contribution in [0.5, 0.6) is 0 Å². The number of aliphatic hydroxyl groups excluding tert-OH is 1. The van der Waals surface area contributed by atoms with Gasteiger partial charge in [-0.1, -0.05) is 0 Å². The Morgan fingerprint density at radius 2 is 2.42 bits per heavy atom. The summed E-state index contributed by atoms with van der Waals surface area (Å²) >= 11 is 0. The van der Waals surface area contributed by atoms with Gasteiger partial charge in [-0.3, -0.25) is 4.79 Å². The molecule has 2 aliphatic rings. The number of carbonyl (C=O) groups is 1. The fourth-order valence-corrected chi connectivity index (χ4v) is 1.48. The second kappa shape index (κ2) is 2.34. The lowest BCUT2D eigenvalue weighted by atomic mass is 9.99. The van der Waals surface area contributed by atoms with Gasteiger partial charge in [0.2, 0.25) is 5.91 Å². The zero-order chi connectivity index (χ0) is 8.72. The summed E-state index contributed by atoms with van der Waals surface area (Å²) in [7, 11) is 0. The summed E-state index contributed by atoms with van der Waals surface area (Å²) in [6.45, 7) is 0.248. The number of rotatable bonds is 0. The number of hydrogen-bond donors (Lipinski definition) is 4. The Labute approximate surface area is 68.8 Å². The molecule has 1 saturated heterocycles. The van der Waals surface area contributed by atoms with E-state index in [9.17, 15) is 9.90 Å². The van der Waals surface area contributed by atoms with Crippen molar-refractivity contribution in [2.45, 2.75) is 18.2 Å². The fraction of sp³-hybridized carbons (Fsp3) is 0.667. The van der Waals surface area contributed by atoms with Crippen molar-refractivity contribution >= 4 is 11.9 Å². The standard InChI is InChI=1S/C6H10N4O2/c7-6-9-3-2(11)1-8-5(12)4(3)10-6/h2-4,11H,1H2,(H,8,12)(H3,7,9,10)/t2-,3-,4?/m1/s1. The number of aliphatic imine (C=N–C) groups is 1. The Balaban J connectivity index is 2.21. The lowest BCUT2D eigenvalue weighted by Crippen LogP contribution is -2.59. The van der Waals surface area contributed by atoms with E-state index >= 15 is 0 Å². The summed E-state index contributed by atoms with van der Waals surface area (Å²) in [5, 5.41) is 14.6. The van der Waals surface area contributed by atoms with Gasteiger partial charge in [-0.2, -0.15) is 0 Å². The number of hydrogen-bond acceptors (Lipinski definition) is 5. The van der Waals surface area contributed by atoms with E-state index in [0.717, 1.165) is 0 Å². The molecule has 0 radical (unpaired) electrons. The molecule has 0 bridgehead atoms. The van der Waals surface area contributed by atoms with Gasteiger partial charge in [-0.05, 0) is 0 Å². The third kappa shape index (κ3) is 0.918. The molecule has 2 rings (SSSR count). The van der Waals surface area contributed by atoms with E-state index in [-0.39, 0.29) is 18.4 Å². The molecule has 2 aliphatic heterocycles. The van der Waals surface area contributed by atoms with E-state index in [4.69, 9.17) is 5.73 Å². The van der Waals surface area contributed by atoms with Gasteiger partial charge in [0, 0.05) is 6.54 Å². The molecule has 2 heterocycles. The van der Waals surface area contributed by atoms with Gasteiger partial charge in [-0.25, -0.2) is 4.99 Å². The van der Waals surface area contributed by atoms with Crippen LogP contribution in [0.1, 0.15) is 0 Å². The minimum absolute atomic E-state index is 0.158. The van der Waals surface area contributed by atoms with Gasteiger partial charge in [-0.15, -0.1) is 0 Å². The number of nitrogens with zero attached hydrogens (tertiary/aromatic N) is 1. The molecule has 0 aliphatic carbocycles. The van der Waals surface area contributed by atoms with Gasteiger partial charge in [0.25, 0.3) is 0 Å². The SMILES string of the molecule is NC1=N[C@H]2C(N1)C(=O)NC[C@H]2O. The van der Waals surface area contributed by atoms with Crippen LogP contribution in [0, 0.1) is 0 Å². The van der Waals surface area contributed by atoms with Gasteiger partial charge < -0.3 is 21.5 Å². The van der Waals surface area contributed by atoms with Crippen LogP contribution in [0.15, 0.2) is 4.99 Å². The largest absolute Gasteiger partial charge is 0.389 e. The van der Waals surface area contributed by atoms with Crippen molar-refractivity contribution < 1.29 is 9.90 Å². The third-order valence-corrected chi connectivity index (χ3v) is 2.10. The number of aliphatic hydroxyl groups is 1. The molecule has 0 spiro atoms. The van der Waals surface area contributed by atoms with Crippen LogP contribution in [0.25, 0.3) is 0 Å². The molecule has 1 amide bonds. The summed E-state index contributed by atoms with van der Waals surface area (Å²) in [6, 6.07) is -0.910. The van der Waals surface area contributed by atoms with Crippen molar-refractivity contribution in [3.63, 3.8) is 0 Å². The Morgan fingerprint density at radius 3 is 3.08 bits per heavy atom. The average molecular weight is 170 g/mol. The number of amides is 1. The first-order chi connectivity index (χ1) is 5.68. The highest BCUT2D eigenvalue weighted by molar-refractivity contribution is 5.92. The van der Waals surface area contributed by atoms with E-state index in [0.29, 0.717) is 0 Å². The van der Waals surface area contributed by atoms with Crippen LogP contribution in [0.3, 0.4) is 0 Å². The maximum atomic E-state index is 11.2. The molecule has 0 aromatic rings. The second-order valence-corrected chi connectivity index (χ2v) is 2.94.